The van der Waals surface area contributed by atoms with Gasteiger partial charge in [-0.05, 0) is 19.8 Å². The molecule has 3 N–H and O–H groups in total. The van der Waals surface area contributed by atoms with Crippen molar-refractivity contribution in [3.8, 4) is 0 Å². The predicted octanol–water partition coefficient (Wildman–Crippen LogP) is 0.766. The van der Waals surface area contributed by atoms with E-state index in [0.29, 0.717) is 32.5 Å². The number of fused-ring (bicyclic) bond motifs is 1. The summed E-state index contributed by atoms with van der Waals surface area (Å²) < 4.78 is 1.77. The van der Waals surface area contributed by atoms with E-state index in [0.717, 1.165) is 22.1 Å². The minimum atomic E-state index is -0.202. The number of carbonyl (C=O) groups is 2. The van der Waals surface area contributed by atoms with Crippen molar-refractivity contribution in [3.05, 3.63) is 16.9 Å². The summed E-state index contributed by atoms with van der Waals surface area (Å²) in [5, 5.41) is 8.27. The van der Waals surface area contributed by atoms with Crippen molar-refractivity contribution in [1.82, 2.24) is 24.8 Å². The van der Waals surface area contributed by atoms with Gasteiger partial charge in [0.2, 0.25) is 16.8 Å². The lowest BCUT2D eigenvalue weighted by atomic mass is 10.0. The Morgan fingerprint density at radius 2 is 2.15 bits per heavy atom. The van der Waals surface area contributed by atoms with Crippen molar-refractivity contribution in [2.45, 2.75) is 39.2 Å². The molecule has 1 aliphatic heterocycles. The van der Waals surface area contributed by atoms with Crippen LogP contribution in [0.15, 0.2) is 6.20 Å². The van der Waals surface area contributed by atoms with E-state index in [2.05, 4.69) is 15.4 Å². The molecule has 26 heavy (non-hydrogen) atoms. The van der Waals surface area contributed by atoms with E-state index in [-0.39, 0.29) is 36.2 Å². The molecule has 1 aliphatic rings. The molecule has 0 aromatic carbocycles. The number of amides is 2. The number of likely N-dealkylation sites (tertiary alicyclic amines) is 1. The number of carbonyl (C=O) groups excluding carboxylic acids is 2. The molecular weight excluding hydrogens is 376 g/mol. The molecule has 3 rings (SSSR count). The number of hydrogen-bond donors (Lipinski definition) is 2. The molecule has 2 atom stereocenters. The summed E-state index contributed by atoms with van der Waals surface area (Å²) in [7, 11) is 0. The number of nitrogens with two attached hydrogens (primary N) is 1. The van der Waals surface area contributed by atoms with Crippen LogP contribution in [0, 0.1) is 12.8 Å². The highest BCUT2D eigenvalue weighted by atomic mass is 35.5. The second-order valence-corrected chi connectivity index (χ2v) is 7.74. The Hall–Kier alpha value is -1.71. The van der Waals surface area contributed by atoms with Gasteiger partial charge in [0.1, 0.15) is 5.01 Å². The fourth-order valence-corrected chi connectivity index (χ4v) is 3.86. The monoisotopic (exact) mass is 400 g/mol. The minimum absolute atomic E-state index is 0. The summed E-state index contributed by atoms with van der Waals surface area (Å²) in [4.78, 5) is 31.2. The molecule has 0 radical (unpaired) electrons. The number of nitrogens with one attached hydrogen (secondary N) is 1. The third-order valence-corrected chi connectivity index (χ3v) is 5.31. The first kappa shape index (κ1) is 20.6. The van der Waals surface area contributed by atoms with E-state index in [1.165, 1.54) is 6.92 Å². The number of aryl methyl sites for hydroxylation is 1. The topological polar surface area (TPSA) is 106 Å². The summed E-state index contributed by atoms with van der Waals surface area (Å²) >= 11 is 1.54. The Kier molecular flexibility index (Phi) is 6.96. The molecular formula is C16H25ClN6O2S. The largest absolute Gasteiger partial charge is 0.355 e. The lowest BCUT2D eigenvalue weighted by Crippen LogP contribution is -2.42. The maximum atomic E-state index is 12.5. The number of rotatable bonds is 4. The first-order valence-corrected chi connectivity index (χ1v) is 9.34. The predicted molar refractivity (Wildman–Crippen MR) is 103 cm³/mol. The van der Waals surface area contributed by atoms with Crippen LogP contribution in [0.1, 0.15) is 30.5 Å². The summed E-state index contributed by atoms with van der Waals surface area (Å²) in [6.45, 7) is 4.95. The van der Waals surface area contributed by atoms with Gasteiger partial charge in [-0.25, -0.2) is 9.50 Å². The second kappa shape index (κ2) is 8.79. The summed E-state index contributed by atoms with van der Waals surface area (Å²) in [6, 6.07) is -0.0591. The number of halogens is 1. The lowest BCUT2D eigenvalue weighted by Gasteiger charge is -2.23. The molecule has 2 aromatic heterocycles. The van der Waals surface area contributed by atoms with Crippen LogP contribution in [-0.4, -0.2) is 57.0 Å². The zero-order valence-corrected chi connectivity index (χ0v) is 16.6. The first-order chi connectivity index (χ1) is 11.9. The van der Waals surface area contributed by atoms with Crippen molar-refractivity contribution in [3.63, 3.8) is 0 Å². The zero-order chi connectivity index (χ0) is 18.0. The number of aromatic nitrogens is 3. The molecule has 144 valence electrons. The molecule has 8 nitrogen and oxygen atoms in total. The van der Waals surface area contributed by atoms with Gasteiger partial charge in [0, 0.05) is 39.0 Å². The van der Waals surface area contributed by atoms with Crippen molar-refractivity contribution < 1.29 is 9.59 Å². The Labute approximate surface area is 162 Å². The maximum absolute atomic E-state index is 12.5. The SMILES string of the molecule is CC(=O)N1C[C@@H](N)CC[C@@H](C(=O)NCCc2cn3nc(C)sc3n2)C1.Cl. The Balaban J connectivity index is 0.00000243. The fourth-order valence-electron chi connectivity index (χ4n) is 3.12. The lowest BCUT2D eigenvalue weighted by molar-refractivity contribution is -0.131. The summed E-state index contributed by atoms with van der Waals surface area (Å²) in [5.74, 6) is -0.251. The highest BCUT2D eigenvalue weighted by Crippen LogP contribution is 2.17. The van der Waals surface area contributed by atoms with Crippen LogP contribution in [0.4, 0.5) is 0 Å². The second-order valence-electron chi connectivity index (χ2n) is 6.58. The quantitative estimate of drug-likeness (QED) is 0.788. The average molecular weight is 401 g/mol. The van der Waals surface area contributed by atoms with Gasteiger partial charge in [-0.15, -0.1) is 12.4 Å². The van der Waals surface area contributed by atoms with Gasteiger partial charge in [-0.2, -0.15) is 5.10 Å². The molecule has 2 amide bonds. The van der Waals surface area contributed by atoms with Gasteiger partial charge in [0.15, 0.2) is 0 Å². The van der Waals surface area contributed by atoms with Gasteiger partial charge in [0.25, 0.3) is 0 Å². The molecule has 1 saturated heterocycles. The summed E-state index contributed by atoms with van der Waals surface area (Å²) in [6.07, 6.45) is 4.01. The molecule has 3 heterocycles. The third-order valence-electron chi connectivity index (χ3n) is 4.47. The fraction of sp³-hybridized carbons (Fsp3) is 0.625. The van der Waals surface area contributed by atoms with Gasteiger partial charge < -0.3 is 16.0 Å². The average Bonchev–Trinajstić information content (AvgIpc) is 2.98. The maximum Gasteiger partial charge on any atom is 0.224 e. The van der Waals surface area contributed by atoms with Gasteiger partial charge in [0.05, 0.1) is 17.8 Å². The highest BCUT2D eigenvalue weighted by Gasteiger charge is 2.28. The standard InChI is InChI=1S/C16H24N6O2S.ClH/c1-10-20-22-9-14(19-16(22)25-10)5-6-18-15(24)12-3-4-13(17)8-21(7-12)11(2)23;/h9,12-13H,3-8,17H2,1-2H3,(H,18,24);1H/t12-,13+;/m1./s1. The normalized spacial score (nSPS) is 20.5. The highest BCUT2D eigenvalue weighted by molar-refractivity contribution is 7.16. The van der Waals surface area contributed by atoms with Crippen molar-refractivity contribution in [1.29, 1.82) is 0 Å². The van der Waals surface area contributed by atoms with Crippen molar-refractivity contribution in [2.75, 3.05) is 19.6 Å². The molecule has 1 fully saturated rings. The zero-order valence-electron chi connectivity index (χ0n) is 15.0. The van der Waals surface area contributed by atoms with E-state index >= 15 is 0 Å². The van der Waals surface area contributed by atoms with Crippen molar-refractivity contribution >= 4 is 40.5 Å². The number of imidazole rings is 1. The molecule has 0 saturated carbocycles. The van der Waals surface area contributed by atoms with Crippen LogP contribution in [-0.2, 0) is 16.0 Å². The molecule has 0 aliphatic carbocycles. The van der Waals surface area contributed by atoms with E-state index in [9.17, 15) is 9.59 Å². The van der Waals surface area contributed by atoms with E-state index in [1.807, 2.05) is 13.1 Å². The Morgan fingerprint density at radius 1 is 1.38 bits per heavy atom. The number of hydrogen-bond acceptors (Lipinski definition) is 6. The van der Waals surface area contributed by atoms with E-state index < -0.39 is 0 Å². The van der Waals surface area contributed by atoms with Crippen LogP contribution in [0.3, 0.4) is 0 Å². The summed E-state index contributed by atoms with van der Waals surface area (Å²) in [5.41, 5.74) is 6.91. The van der Waals surface area contributed by atoms with Crippen LogP contribution < -0.4 is 11.1 Å². The minimum Gasteiger partial charge on any atom is -0.355 e. The Morgan fingerprint density at radius 3 is 2.85 bits per heavy atom. The van der Waals surface area contributed by atoms with Crippen LogP contribution in [0.5, 0.6) is 0 Å². The van der Waals surface area contributed by atoms with E-state index in [1.54, 1.807) is 20.8 Å². The molecule has 2 aromatic rings. The van der Waals surface area contributed by atoms with Crippen molar-refractivity contribution in [2.24, 2.45) is 11.7 Å². The Bertz CT molecular complexity index is 744. The molecule has 10 heteroatoms. The van der Waals surface area contributed by atoms with Crippen LogP contribution in [0.2, 0.25) is 0 Å². The molecule has 0 unspecified atom stereocenters. The van der Waals surface area contributed by atoms with Gasteiger partial charge in [-0.3, -0.25) is 9.59 Å². The van der Waals surface area contributed by atoms with Crippen LogP contribution in [0.25, 0.3) is 4.96 Å². The molecule has 0 spiro atoms. The number of nitrogens with zero attached hydrogens (tertiary/aromatic N) is 4. The van der Waals surface area contributed by atoms with Crippen LogP contribution >= 0.6 is 23.7 Å². The first-order valence-electron chi connectivity index (χ1n) is 8.53. The smallest absolute Gasteiger partial charge is 0.224 e. The van der Waals surface area contributed by atoms with E-state index in [4.69, 9.17) is 5.73 Å². The molecule has 0 bridgehead atoms. The van der Waals surface area contributed by atoms with Gasteiger partial charge >= 0.3 is 0 Å². The third kappa shape index (κ3) is 4.93. The van der Waals surface area contributed by atoms with Gasteiger partial charge in [-0.1, -0.05) is 11.3 Å².